The number of carboxylic acid groups (broad SMARTS) is 1. The number of amides is 1. The lowest BCUT2D eigenvalue weighted by molar-refractivity contribution is -0.192. The van der Waals surface area contributed by atoms with Gasteiger partial charge in [0.15, 0.2) is 0 Å². The quantitative estimate of drug-likeness (QED) is 0.757. The van der Waals surface area contributed by atoms with E-state index in [-0.39, 0.29) is 11.9 Å². The van der Waals surface area contributed by atoms with Crippen molar-refractivity contribution < 1.29 is 27.9 Å². The molecule has 2 aliphatic rings. The number of carbonyl (C=O) groups is 2. The molecule has 1 saturated heterocycles. The maximum atomic E-state index is 12.3. The Hall–Kier alpha value is -2.17. The van der Waals surface area contributed by atoms with Crippen LogP contribution < -0.4 is 5.32 Å². The second kappa shape index (κ2) is 9.76. The zero-order valence-electron chi connectivity index (χ0n) is 17.6. The minimum atomic E-state index is -5.08. The number of aromatic nitrogens is 3. The Morgan fingerprint density at radius 3 is 2.40 bits per heavy atom. The number of hydrogen-bond donors (Lipinski definition) is 2. The fourth-order valence-electron chi connectivity index (χ4n) is 4.04. The SMILES string of the molecule is CCCN1CCC2(CCc3nnc(C(=O)NC(C)C)n3CC2)C1.O=C(O)C(F)(F)F. The van der Waals surface area contributed by atoms with Crippen molar-refractivity contribution in [2.75, 3.05) is 19.6 Å². The molecule has 0 saturated carbocycles. The molecule has 1 atom stereocenters. The van der Waals surface area contributed by atoms with Gasteiger partial charge in [0.25, 0.3) is 5.91 Å². The van der Waals surface area contributed by atoms with Crippen molar-refractivity contribution in [3.8, 4) is 0 Å². The average Bonchev–Trinajstić information content (AvgIpc) is 3.17. The van der Waals surface area contributed by atoms with E-state index in [9.17, 15) is 18.0 Å². The molecule has 0 bridgehead atoms. The first-order valence-corrected chi connectivity index (χ1v) is 10.2. The Bertz CT molecular complexity index is 750. The summed E-state index contributed by atoms with van der Waals surface area (Å²) in [6.45, 7) is 10.7. The first kappa shape index (κ1) is 24.1. The molecular weight excluding hydrogens is 403 g/mol. The molecule has 8 nitrogen and oxygen atoms in total. The van der Waals surface area contributed by atoms with Crippen LogP contribution in [-0.4, -0.2) is 68.5 Å². The number of rotatable bonds is 4. The molecule has 1 unspecified atom stereocenters. The van der Waals surface area contributed by atoms with Crippen LogP contribution in [-0.2, 0) is 17.8 Å². The van der Waals surface area contributed by atoms with Crippen molar-refractivity contribution in [3.63, 3.8) is 0 Å². The molecule has 3 rings (SSSR count). The molecular formula is C19H30F3N5O3. The van der Waals surface area contributed by atoms with E-state index in [1.807, 2.05) is 13.8 Å². The Labute approximate surface area is 173 Å². The molecule has 3 heterocycles. The Balaban J connectivity index is 0.000000396. The molecule has 0 radical (unpaired) electrons. The van der Waals surface area contributed by atoms with E-state index < -0.39 is 12.1 Å². The zero-order chi connectivity index (χ0) is 22.5. The number of nitrogens with zero attached hydrogens (tertiary/aromatic N) is 4. The van der Waals surface area contributed by atoms with E-state index in [0.717, 1.165) is 31.6 Å². The van der Waals surface area contributed by atoms with E-state index in [0.29, 0.717) is 11.2 Å². The number of carbonyl (C=O) groups excluding carboxylic acids is 1. The second-order valence-electron chi connectivity index (χ2n) is 8.30. The van der Waals surface area contributed by atoms with Gasteiger partial charge >= 0.3 is 12.1 Å². The summed E-state index contributed by atoms with van der Waals surface area (Å²) in [5.41, 5.74) is 0.404. The fourth-order valence-corrected chi connectivity index (χ4v) is 4.04. The van der Waals surface area contributed by atoms with Crippen LogP contribution in [0.2, 0.25) is 0 Å². The van der Waals surface area contributed by atoms with Crippen LogP contribution in [0, 0.1) is 5.41 Å². The number of halogens is 3. The van der Waals surface area contributed by atoms with Crippen molar-refractivity contribution in [1.82, 2.24) is 25.0 Å². The minimum absolute atomic E-state index is 0.103. The number of fused-ring (bicyclic) bond motifs is 1. The minimum Gasteiger partial charge on any atom is -0.475 e. The van der Waals surface area contributed by atoms with E-state index in [2.05, 4.69) is 31.9 Å². The molecule has 1 fully saturated rings. The molecule has 0 aliphatic carbocycles. The summed E-state index contributed by atoms with van der Waals surface area (Å²) in [7, 11) is 0. The first-order valence-electron chi connectivity index (χ1n) is 10.2. The number of aliphatic carboxylic acids is 1. The van der Waals surface area contributed by atoms with Crippen LogP contribution in [0.25, 0.3) is 0 Å². The number of alkyl halides is 3. The van der Waals surface area contributed by atoms with Gasteiger partial charge in [0.05, 0.1) is 0 Å². The molecule has 2 N–H and O–H groups in total. The molecule has 2 aliphatic heterocycles. The molecule has 11 heteroatoms. The summed E-state index contributed by atoms with van der Waals surface area (Å²) >= 11 is 0. The highest BCUT2D eigenvalue weighted by Crippen LogP contribution is 2.40. The lowest BCUT2D eigenvalue weighted by Crippen LogP contribution is -2.33. The molecule has 1 amide bonds. The monoisotopic (exact) mass is 433 g/mol. The fraction of sp³-hybridized carbons (Fsp3) is 0.789. The summed E-state index contributed by atoms with van der Waals surface area (Å²) in [5.74, 6) is -1.40. The summed E-state index contributed by atoms with van der Waals surface area (Å²) in [5, 5.41) is 18.5. The number of aryl methyl sites for hydroxylation is 1. The van der Waals surface area contributed by atoms with Crippen molar-refractivity contribution in [2.24, 2.45) is 5.41 Å². The third kappa shape index (κ3) is 6.16. The van der Waals surface area contributed by atoms with E-state index in [4.69, 9.17) is 9.90 Å². The van der Waals surface area contributed by atoms with Gasteiger partial charge in [-0.05, 0) is 58.0 Å². The molecule has 30 heavy (non-hydrogen) atoms. The number of likely N-dealkylation sites (tertiary alicyclic amines) is 1. The van der Waals surface area contributed by atoms with Gasteiger partial charge in [-0.25, -0.2) is 4.79 Å². The van der Waals surface area contributed by atoms with Crippen molar-refractivity contribution >= 4 is 11.9 Å². The third-order valence-corrected chi connectivity index (χ3v) is 5.49. The predicted octanol–water partition coefficient (Wildman–Crippen LogP) is 2.49. The highest BCUT2D eigenvalue weighted by atomic mass is 19.4. The summed E-state index contributed by atoms with van der Waals surface area (Å²) in [6.07, 6.45) is 0.638. The Morgan fingerprint density at radius 1 is 1.20 bits per heavy atom. The van der Waals surface area contributed by atoms with Crippen molar-refractivity contribution in [3.05, 3.63) is 11.6 Å². The number of carboxylic acids is 1. The maximum Gasteiger partial charge on any atom is 0.490 e. The van der Waals surface area contributed by atoms with Crippen LogP contribution in [0.4, 0.5) is 13.2 Å². The van der Waals surface area contributed by atoms with Gasteiger partial charge in [0, 0.05) is 25.6 Å². The number of hydrogen-bond acceptors (Lipinski definition) is 5. The van der Waals surface area contributed by atoms with Crippen molar-refractivity contribution in [2.45, 2.75) is 71.6 Å². The molecule has 1 spiro atoms. The van der Waals surface area contributed by atoms with E-state index in [1.165, 1.54) is 32.5 Å². The van der Waals surface area contributed by atoms with Gasteiger partial charge in [-0.3, -0.25) is 4.79 Å². The maximum absolute atomic E-state index is 12.3. The summed E-state index contributed by atoms with van der Waals surface area (Å²) in [4.78, 5) is 23.8. The van der Waals surface area contributed by atoms with Gasteiger partial charge < -0.3 is 19.9 Å². The topological polar surface area (TPSA) is 100 Å². The van der Waals surface area contributed by atoms with Gasteiger partial charge in [-0.2, -0.15) is 13.2 Å². The Morgan fingerprint density at radius 2 is 1.83 bits per heavy atom. The van der Waals surface area contributed by atoms with Gasteiger partial charge in [0.2, 0.25) is 5.82 Å². The normalized spacial score (nSPS) is 21.7. The van der Waals surface area contributed by atoms with Crippen LogP contribution in [0.3, 0.4) is 0 Å². The van der Waals surface area contributed by atoms with Gasteiger partial charge in [-0.1, -0.05) is 6.92 Å². The Kier molecular flexibility index (Phi) is 7.84. The molecule has 0 aromatic carbocycles. The van der Waals surface area contributed by atoms with E-state index >= 15 is 0 Å². The van der Waals surface area contributed by atoms with Crippen LogP contribution in [0.5, 0.6) is 0 Å². The predicted molar refractivity (Wildman–Crippen MR) is 103 cm³/mol. The summed E-state index contributed by atoms with van der Waals surface area (Å²) < 4.78 is 33.8. The summed E-state index contributed by atoms with van der Waals surface area (Å²) in [6, 6.07) is 0.116. The second-order valence-corrected chi connectivity index (χ2v) is 8.30. The number of nitrogens with one attached hydrogen (secondary N) is 1. The molecule has 1 aromatic heterocycles. The highest BCUT2D eigenvalue weighted by molar-refractivity contribution is 5.90. The largest absolute Gasteiger partial charge is 0.490 e. The van der Waals surface area contributed by atoms with Crippen LogP contribution >= 0.6 is 0 Å². The van der Waals surface area contributed by atoms with Crippen molar-refractivity contribution in [1.29, 1.82) is 0 Å². The third-order valence-electron chi connectivity index (χ3n) is 5.49. The first-order chi connectivity index (χ1) is 14.0. The van der Waals surface area contributed by atoms with Gasteiger partial charge in [0.1, 0.15) is 5.82 Å². The van der Waals surface area contributed by atoms with Gasteiger partial charge in [-0.15, -0.1) is 10.2 Å². The smallest absolute Gasteiger partial charge is 0.475 e. The zero-order valence-corrected chi connectivity index (χ0v) is 17.6. The van der Waals surface area contributed by atoms with Crippen LogP contribution in [0.15, 0.2) is 0 Å². The lowest BCUT2D eigenvalue weighted by Gasteiger charge is -2.27. The highest BCUT2D eigenvalue weighted by Gasteiger charge is 2.40. The molecule has 170 valence electrons. The van der Waals surface area contributed by atoms with E-state index in [1.54, 1.807) is 0 Å². The lowest BCUT2D eigenvalue weighted by atomic mass is 9.80. The van der Waals surface area contributed by atoms with Crippen LogP contribution in [0.1, 0.15) is 62.9 Å². The average molecular weight is 433 g/mol. The molecule has 1 aromatic rings. The standard InChI is InChI=1S/C17H29N5O.C2HF3O2/c1-4-9-21-10-7-17(12-21)6-5-14-19-20-15(22(14)11-8-17)16(23)18-13(2)3;3-2(4,5)1(6)7/h13H,4-12H2,1-3H3,(H,18,23);(H,6,7).